The van der Waals surface area contributed by atoms with Crippen molar-refractivity contribution in [3.05, 3.63) is 12.2 Å². The van der Waals surface area contributed by atoms with Gasteiger partial charge in [-0.15, -0.1) is 0 Å². The van der Waals surface area contributed by atoms with Crippen molar-refractivity contribution in [2.24, 2.45) is 0 Å². The second kappa shape index (κ2) is 2.31. The Morgan fingerprint density at radius 3 is 2.25 bits per heavy atom. The zero-order valence-corrected chi connectivity index (χ0v) is 5.91. The summed E-state index contributed by atoms with van der Waals surface area (Å²) in [5.74, 6) is -4.14. The van der Waals surface area contributed by atoms with Crippen molar-refractivity contribution in [2.75, 3.05) is 0 Å². The monoisotopic (exact) mass is 181 g/mol. The van der Waals surface area contributed by atoms with E-state index in [0.717, 1.165) is 6.29 Å². The molecule has 0 aromatic carbocycles. The van der Waals surface area contributed by atoms with E-state index in [1.807, 2.05) is 0 Å². The minimum absolute atomic E-state index is 0.917. The van der Waals surface area contributed by atoms with Crippen molar-refractivity contribution in [3.63, 3.8) is 0 Å². The van der Waals surface area contributed by atoms with E-state index in [0.29, 0.717) is 0 Å². The van der Waals surface area contributed by atoms with Gasteiger partial charge in [0.2, 0.25) is 12.0 Å². The smallest absolute Gasteiger partial charge is 0.285 e. The van der Waals surface area contributed by atoms with Gasteiger partial charge in [-0.3, -0.25) is 4.79 Å². The van der Waals surface area contributed by atoms with Gasteiger partial charge >= 0.3 is 5.92 Å². The van der Waals surface area contributed by atoms with Crippen LogP contribution in [0.1, 0.15) is 6.42 Å². The maximum absolute atomic E-state index is 13.0. The minimum atomic E-state index is -4.14. The normalized spacial score (nSPS) is 38.5. The van der Waals surface area contributed by atoms with Gasteiger partial charge in [-0.1, -0.05) is 6.58 Å². The second-order valence-corrected chi connectivity index (χ2v) is 2.68. The van der Waals surface area contributed by atoms with Crippen molar-refractivity contribution >= 4 is 6.29 Å². The maximum Gasteiger partial charge on any atom is 0.316 e. The van der Waals surface area contributed by atoms with Crippen molar-refractivity contribution in [3.8, 4) is 0 Å². The Balaban J connectivity index is 2.90. The number of alkyl halides is 4. The number of carbonyl (C=O) groups excluding carboxylic acids is 1. The van der Waals surface area contributed by atoms with Crippen LogP contribution in [0.5, 0.6) is 0 Å². The highest BCUT2D eigenvalue weighted by Gasteiger charge is 2.72. The first kappa shape index (κ1) is 9.22. The first-order valence-corrected chi connectivity index (χ1v) is 3.14. The first-order valence-electron chi connectivity index (χ1n) is 3.14. The lowest BCUT2D eigenvalue weighted by molar-refractivity contribution is -0.239. The van der Waals surface area contributed by atoms with E-state index < -0.39 is 29.8 Å². The standard InChI is InChI=1S/C7H5F4O/c1-4(3-12)6(9)2-5(8)7(6,10)11/h5H,1-2H2. The summed E-state index contributed by atoms with van der Waals surface area (Å²) in [6.45, 7) is 2.75. The highest BCUT2D eigenvalue weighted by atomic mass is 19.3. The van der Waals surface area contributed by atoms with Crippen molar-refractivity contribution in [1.29, 1.82) is 0 Å². The number of hydrogen-bond donors (Lipinski definition) is 0. The lowest BCUT2D eigenvalue weighted by atomic mass is 9.72. The van der Waals surface area contributed by atoms with Crippen LogP contribution in [0, 0.1) is 0 Å². The van der Waals surface area contributed by atoms with Gasteiger partial charge in [0.1, 0.15) is 0 Å². The molecule has 12 heavy (non-hydrogen) atoms. The van der Waals surface area contributed by atoms with Gasteiger partial charge in [0, 0.05) is 12.0 Å². The number of rotatable bonds is 2. The second-order valence-electron chi connectivity index (χ2n) is 2.68. The minimum Gasteiger partial charge on any atom is -0.285 e. The van der Waals surface area contributed by atoms with E-state index in [4.69, 9.17) is 0 Å². The summed E-state index contributed by atoms with van der Waals surface area (Å²) in [5.41, 5.74) is -4.25. The molecule has 2 unspecified atom stereocenters. The molecule has 67 valence electrons. The van der Waals surface area contributed by atoms with E-state index in [1.165, 1.54) is 0 Å². The van der Waals surface area contributed by atoms with E-state index in [2.05, 4.69) is 6.58 Å². The molecule has 1 aliphatic rings. The fraction of sp³-hybridized carbons (Fsp3) is 0.571. The van der Waals surface area contributed by atoms with Gasteiger partial charge in [-0.2, -0.15) is 8.78 Å². The fourth-order valence-corrected chi connectivity index (χ4v) is 1.03. The summed E-state index contributed by atoms with van der Waals surface area (Å²) >= 11 is 0. The van der Waals surface area contributed by atoms with Gasteiger partial charge in [-0.25, -0.2) is 8.78 Å². The summed E-state index contributed by atoms with van der Waals surface area (Å²) in [6.07, 6.45) is -2.64. The molecule has 0 aromatic heterocycles. The summed E-state index contributed by atoms with van der Waals surface area (Å²) in [5, 5.41) is 0. The Labute approximate surface area is 66.1 Å². The number of halogens is 4. The molecule has 0 aliphatic heterocycles. The summed E-state index contributed by atoms with van der Waals surface area (Å²) in [7, 11) is 0. The zero-order chi connectivity index (χ0) is 9.57. The Morgan fingerprint density at radius 1 is 1.50 bits per heavy atom. The van der Waals surface area contributed by atoms with Crippen LogP contribution in [0.4, 0.5) is 17.6 Å². The zero-order valence-electron chi connectivity index (χ0n) is 5.91. The predicted molar refractivity (Wildman–Crippen MR) is 33.1 cm³/mol. The molecular formula is C7H5F4O. The number of allylic oxidation sites excluding steroid dienone is 1. The van der Waals surface area contributed by atoms with Crippen molar-refractivity contribution in [1.82, 2.24) is 0 Å². The van der Waals surface area contributed by atoms with Gasteiger partial charge in [0.15, 0.2) is 6.17 Å². The quantitative estimate of drug-likeness (QED) is 0.468. The third-order valence-electron chi connectivity index (χ3n) is 1.98. The summed E-state index contributed by atoms with van der Waals surface area (Å²) < 4.78 is 50.0. The fourth-order valence-electron chi connectivity index (χ4n) is 1.03. The lowest BCUT2D eigenvalue weighted by Gasteiger charge is -2.44. The van der Waals surface area contributed by atoms with E-state index in [1.54, 1.807) is 0 Å². The molecule has 0 amide bonds. The maximum atomic E-state index is 13.0. The molecule has 1 radical (unpaired) electrons. The third kappa shape index (κ3) is 0.820. The summed E-state index contributed by atoms with van der Waals surface area (Å²) in [6, 6.07) is 0. The van der Waals surface area contributed by atoms with Crippen LogP contribution in [-0.2, 0) is 4.79 Å². The topological polar surface area (TPSA) is 17.1 Å². The predicted octanol–water partition coefficient (Wildman–Crippen LogP) is 1.74. The molecule has 0 aromatic rings. The van der Waals surface area contributed by atoms with Crippen molar-refractivity contribution in [2.45, 2.75) is 24.2 Å². The van der Waals surface area contributed by atoms with Gasteiger partial charge in [0.05, 0.1) is 0 Å². The van der Waals surface area contributed by atoms with Crippen LogP contribution in [0.15, 0.2) is 12.2 Å². The highest BCUT2D eigenvalue weighted by molar-refractivity contribution is 5.77. The Hall–Kier alpha value is -0.870. The molecule has 5 heteroatoms. The molecule has 1 fully saturated rings. The van der Waals surface area contributed by atoms with Crippen LogP contribution in [0.2, 0.25) is 0 Å². The molecule has 1 rings (SSSR count). The highest BCUT2D eigenvalue weighted by Crippen LogP contribution is 2.54. The van der Waals surface area contributed by atoms with Gasteiger partial charge in [-0.05, 0) is 0 Å². The Kier molecular flexibility index (Phi) is 1.77. The van der Waals surface area contributed by atoms with Crippen molar-refractivity contribution < 1.29 is 22.4 Å². The van der Waals surface area contributed by atoms with Crippen LogP contribution in [0.3, 0.4) is 0 Å². The SMILES string of the molecule is C=C([C]=O)C1(F)CC(F)C1(F)F. The summed E-state index contributed by atoms with van der Waals surface area (Å²) in [4.78, 5) is 9.82. The first-order chi connectivity index (χ1) is 5.36. The van der Waals surface area contributed by atoms with Crippen LogP contribution >= 0.6 is 0 Å². The van der Waals surface area contributed by atoms with Gasteiger partial charge < -0.3 is 0 Å². The van der Waals surface area contributed by atoms with E-state index >= 15 is 0 Å². The molecule has 0 bridgehead atoms. The molecule has 0 spiro atoms. The third-order valence-corrected chi connectivity index (χ3v) is 1.98. The Bertz CT molecular complexity index is 238. The van der Waals surface area contributed by atoms with Gasteiger partial charge in [0.25, 0.3) is 0 Å². The van der Waals surface area contributed by atoms with E-state index in [-0.39, 0.29) is 0 Å². The molecular weight excluding hydrogens is 176 g/mol. The molecule has 1 nitrogen and oxygen atoms in total. The van der Waals surface area contributed by atoms with Crippen LogP contribution in [-0.4, -0.2) is 24.0 Å². The van der Waals surface area contributed by atoms with E-state index in [9.17, 15) is 22.4 Å². The Morgan fingerprint density at radius 2 is 2.00 bits per heavy atom. The molecule has 0 saturated heterocycles. The molecule has 0 N–H and O–H groups in total. The largest absolute Gasteiger partial charge is 0.316 e. The van der Waals surface area contributed by atoms with Crippen LogP contribution in [0.25, 0.3) is 0 Å². The van der Waals surface area contributed by atoms with Crippen LogP contribution < -0.4 is 0 Å². The molecule has 1 aliphatic carbocycles. The molecule has 0 heterocycles. The number of hydrogen-bond acceptors (Lipinski definition) is 1. The average molecular weight is 181 g/mol. The molecule has 2 atom stereocenters. The lowest BCUT2D eigenvalue weighted by Crippen LogP contribution is -2.64. The average Bonchev–Trinajstić information content (AvgIpc) is 2.03. The molecule has 1 saturated carbocycles.